The average Bonchev–Trinajstić information content (AvgIpc) is 3.20. The van der Waals surface area contributed by atoms with Gasteiger partial charge in [0, 0.05) is 31.4 Å². The molecule has 1 aromatic heterocycles. The number of rotatable bonds is 7. The largest absolute Gasteiger partial charge is 0.469 e. The number of carbonyl (C=O) groups excluding carboxylic acids is 2. The molecule has 1 aliphatic heterocycles. The van der Waals surface area contributed by atoms with E-state index in [1.54, 1.807) is 0 Å². The molecule has 0 spiro atoms. The normalized spacial score (nSPS) is 20.8. The van der Waals surface area contributed by atoms with Crippen LogP contribution in [-0.4, -0.2) is 52.9 Å². The van der Waals surface area contributed by atoms with E-state index in [4.69, 9.17) is 12.2 Å². The molecule has 2 unspecified atom stereocenters. The van der Waals surface area contributed by atoms with E-state index < -0.39 is 23.6 Å². The number of carbonyl (C=O) groups is 2. The van der Waals surface area contributed by atoms with E-state index >= 15 is 4.39 Å². The molecule has 2 N–H and O–H groups in total. The Kier molecular flexibility index (Phi) is 6.92. The van der Waals surface area contributed by atoms with E-state index in [0.717, 1.165) is 11.1 Å². The number of nitrogens with two attached hydrogens (primary N) is 1. The van der Waals surface area contributed by atoms with Crippen LogP contribution in [0.4, 0.5) is 4.39 Å². The first-order valence-electron chi connectivity index (χ1n) is 10.1. The smallest absolute Gasteiger partial charge is 0.311 e. The minimum Gasteiger partial charge on any atom is -0.469 e. The standard InChI is InChI=1S/C23H24FN5O3/c1-3-16-4-6-17(7-5-16)13-28-11-9-23(8-10-25,20(24)15-28)29-14-18(22(26)31)19(27-29)12-21(30)32-2/h1,4-7,14,20H,8-9,11-13,15H2,2H3,(H2,26,31). The minimum atomic E-state index is -1.44. The first-order valence-corrected chi connectivity index (χ1v) is 10.1. The summed E-state index contributed by atoms with van der Waals surface area (Å²) >= 11 is 0. The van der Waals surface area contributed by atoms with Gasteiger partial charge in [0.2, 0.25) is 0 Å². The molecular weight excluding hydrogens is 413 g/mol. The second kappa shape index (κ2) is 9.63. The lowest BCUT2D eigenvalue weighted by atomic mass is 9.83. The second-order valence-electron chi connectivity index (χ2n) is 7.78. The molecule has 1 aromatic carbocycles. The van der Waals surface area contributed by atoms with Crippen LogP contribution >= 0.6 is 0 Å². The zero-order valence-corrected chi connectivity index (χ0v) is 17.8. The van der Waals surface area contributed by atoms with Crippen molar-refractivity contribution in [2.75, 3.05) is 20.2 Å². The number of halogens is 1. The Morgan fingerprint density at radius 3 is 2.69 bits per heavy atom. The molecule has 1 fully saturated rings. The lowest BCUT2D eigenvalue weighted by Gasteiger charge is -2.43. The van der Waals surface area contributed by atoms with Gasteiger partial charge in [-0.05, 0) is 24.1 Å². The number of nitriles is 1. The van der Waals surface area contributed by atoms with Crippen LogP contribution in [0, 0.1) is 23.7 Å². The highest BCUT2D eigenvalue weighted by Gasteiger charge is 2.46. The Bertz CT molecular complexity index is 1080. The number of benzene rings is 1. The summed E-state index contributed by atoms with van der Waals surface area (Å²) in [4.78, 5) is 25.5. The number of hydrogen-bond donors (Lipinski definition) is 1. The van der Waals surface area contributed by atoms with Crippen molar-refractivity contribution in [3.05, 3.63) is 52.8 Å². The molecule has 2 heterocycles. The lowest BCUT2D eigenvalue weighted by Crippen LogP contribution is -2.54. The summed E-state index contributed by atoms with van der Waals surface area (Å²) < 4.78 is 21.6. The van der Waals surface area contributed by atoms with E-state index in [1.807, 2.05) is 35.2 Å². The van der Waals surface area contributed by atoms with Crippen molar-refractivity contribution in [2.24, 2.45) is 5.73 Å². The van der Waals surface area contributed by atoms with E-state index in [2.05, 4.69) is 15.8 Å². The van der Waals surface area contributed by atoms with Crippen LogP contribution in [0.1, 0.15) is 40.0 Å². The molecule has 0 saturated carbocycles. The maximum atomic E-state index is 15.6. The molecule has 0 aliphatic carbocycles. The van der Waals surface area contributed by atoms with Crippen LogP contribution in [0.15, 0.2) is 30.5 Å². The highest BCUT2D eigenvalue weighted by molar-refractivity contribution is 5.94. The number of esters is 1. The molecule has 2 aromatic rings. The third kappa shape index (κ3) is 4.63. The Labute approximate surface area is 185 Å². The van der Waals surface area contributed by atoms with Gasteiger partial charge in [-0.15, -0.1) is 6.42 Å². The number of ether oxygens (including phenoxy) is 1. The first kappa shape index (κ1) is 23.0. The number of aromatic nitrogens is 2. The van der Waals surface area contributed by atoms with Crippen LogP contribution in [0.2, 0.25) is 0 Å². The van der Waals surface area contributed by atoms with Gasteiger partial charge in [-0.3, -0.25) is 19.2 Å². The van der Waals surface area contributed by atoms with E-state index in [0.29, 0.717) is 19.5 Å². The third-order valence-corrected chi connectivity index (χ3v) is 5.83. The van der Waals surface area contributed by atoms with Crippen LogP contribution < -0.4 is 5.73 Å². The van der Waals surface area contributed by atoms with Gasteiger partial charge in [0.1, 0.15) is 11.7 Å². The summed E-state index contributed by atoms with van der Waals surface area (Å²) in [6.45, 7) is 1.13. The Hall–Kier alpha value is -3.69. The molecule has 32 heavy (non-hydrogen) atoms. The summed E-state index contributed by atoms with van der Waals surface area (Å²) in [5.74, 6) is 1.17. The Balaban J connectivity index is 1.85. The van der Waals surface area contributed by atoms with Gasteiger partial charge in [-0.2, -0.15) is 10.4 Å². The summed E-state index contributed by atoms with van der Waals surface area (Å²) in [6.07, 6.45) is 5.15. The van der Waals surface area contributed by atoms with Gasteiger partial charge >= 0.3 is 5.97 Å². The first-order chi connectivity index (χ1) is 15.3. The number of hydrogen-bond acceptors (Lipinski definition) is 6. The Morgan fingerprint density at radius 1 is 1.41 bits per heavy atom. The van der Waals surface area contributed by atoms with Crippen LogP contribution in [0.5, 0.6) is 0 Å². The lowest BCUT2D eigenvalue weighted by molar-refractivity contribution is -0.139. The number of likely N-dealkylation sites (tertiary alicyclic amines) is 1. The monoisotopic (exact) mass is 437 g/mol. The quantitative estimate of drug-likeness (QED) is 0.519. The third-order valence-electron chi connectivity index (χ3n) is 5.83. The zero-order valence-electron chi connectivity index (χ0n) is 17.8. The number of methoxy groups -OCH3 is 1. The van der Waals surface area contributed by atoms with Crippen molar-refractivity contribution in [3.8, 4) is 18.4 Å². The van der Waals surface area contributed by atoms with Gasteiger partial charge in [-0.1, -0.05) is 18.1 Å². The molecule has 1 saturated heterocycles. The Morgan fingerprint density at radius 2 is 2.12 bits per heavy atom. The molecule has 166 valence electrons. The molecule has 1 aliphatic rings. The topological polar surface area (TPSA) is 114 Å². The summed E-state index contributed by atoms with van der Waals surface area (Å²) in [5.41, 5.74) is 6.05. The summed E-state index contributed by atoms with van der Waals surface area (Å²) in [7, 11) is 1.22. The van der Waals surface area contributed by atoms with Gasteiger partial charge in [0.15, 0.2) is 0 Å². The van der Waals surface area contributed by atoms with E-state index in [1.165, 1.54) is 18.0 Å². The number of primary amides is 1. The average molecular weight is 437 g/mol. The number of terminal acetylenes is 1. The number of amides is 1. The molecule has 9 heteroatoms. The molecule has 8 nitrogen and oxygen atoms in total. The zero-order chi connectivity index (χ0) is 23.3. The van der Waals surface area contributed by atoms with Gasteiger partial charge in [0.25, 0.3) is 5.91 Å². The van der Waals surface area contributed by atoms with E-state index in [9.17, 15) is 14.9 Å². The molecule has 1 amide bonds. The number of alkyl halides is 1. The molecular formula is C23H24FN5O3. The van der Waals surface area contributed by atoms with Crippen molar-refractivity contribution in [2.45, 2.75) is 37.5 Å². The predicted octanol–water partition coefficient (Wildman–Crippen LogP) is 1.53. The fourth-order valence-corrected chi connectivity index (χ4v) is 3.96. The number of nitrogens with zero attached hydrogens (tertiary/aromatic N) is 4. The molecule has 2 atom stereocenters. The van der Waals surface area contributed by atoms with Crippen molar-refractivity contribution in [1.82, 2.24) is 14.7 Å². The summed E-state index contributed by atoms with van der Waals surface area (Å²) in [6, 6.07) is 9.54. The maximum Gasteiger partial charge on any atom is 0.311 e. The van der Waals surface area contributed by atoms with Crippen LogP contribution in [0.3, 0.4) is 0 Å². The van der Waals surface area contributed by atoms with Crippen molar-refractivity contribution in [1.29, 1.82) is 5.26 Å². The molecule has 3 rings (SSSR count). The minimum absolute atomic E-state index is 0.0101. The fraction of sp³-hybridized carbons (Fsp3) is 0.391. The van der Waals surface area contributed by atoms with Gasteiger partial charge in [-0.25, -0.2) is 4.39 Å². The van der Waals surface area contributed by atoms with Crippen molar-refractivity contribution in [3.63, 3.8) is 0 Å². The van der Waals surface area contributed by atoms with Crippen molar-refractivity contribution >= 4 is 11.9 Å². The van der Waals surface area contributed by atoms with Crippen LogP contribution in [-0.2, 0) is 28.0 Å². The molecule has 0 bridgehead atoms. The predicted molar refractivity (Wildman–Crippen MR) is 114 cm³/mol. The SMILES string of the molecule is C#Cc1ccc(CN2CCC(CC#N)(n3cc(C(N)=O)c(CC(=O)OC)n3)C(F)C2)cc1. The summed E-state index contributed by atoms with van der Waals surface area (Å²) in [5, 5.41) is 13.7. The highest BCUT2D eigenvalue weighted by Crippen LogP contribution is 2.36. The van der Waals surface area contributed by atoms with Crippen LogP contribution in [0.25, 0.3) is 0 Å². The van der Waals surface area contributed by atoms with Gasteiger partial charge in [0.05, 0.1) is 37.3 Å². The highest BCUT2D eigenvalue weighted by atomic mass is 19.1. The van der Waals surface area contributed by atoms with Gasteiger partial charge < -0.3 is 10.5 Å². The number of piperidine rings is 1. The second-order valence-corrected chi connectivity index (χ2v) is 7.78. The maximum absolute atomic E-state index is 15.6. The van der Waals surface area contributed by atoms with Crippen molar-refractivity contribution < 1.29 is 18.7 Å². The molecule has 0 radical (unpaired) electrons. The van der Waals surface area contributed by atoms with E-state index in [-0.39, 0.29) is 30.6 Å². The fourth-order valence-electron chi connectivity index (χ4n) is 3.96.